The summed E-state index contributed by atoms with van der Waals surface area (Å²) in [5.74, 6) is -1.18. The van der Waals surface area contributed by atoms with E-state index in [1.807, 2.05) is 24.3 Å². The SMILES string of the molecule is CC(=O)c1cn(CC(=O)N2C[C@H](F)CC2C(=O)Nc2ccccc2N2CCOC2=O)c2ccc(-c3ccnnc3)cc12. The monoisotopic (exact) mass is 570 g/mol. The van der Waals surface area contributed by atoms with Gasteiger partial charge in [0.15, 0.2) is 5.78 Å². The molecule has 2 saturated heterocycles. The van der Waals surface area contributed by atoms with Crippen molar-refractivity contribution in [3.8, 4) is 11.1 Å². The second kappa shape index (κ2) is 11.0. The molecule has 3 amide bonds. The molecule has 42 heavy (non-hydrogen) atoms. The van der Waals surface area contributed by atoms with Crippen molar-refractivity contribution in [3.63, 3.8) is 0 Å². The summed E-state index contributed by atoms with van der Waals surface area (Å²) in [4.78, 5) is 54.2. The number of nitrogens with one attached hydrogen (secondary N) is 1. The zero-order chi connectivity index (χ0) is 29.4. The second-order valence-electron chi connectivity index (χ2n) is 10.3. The summed E-state index contributed by atoms with van der Waals surface area (Å²) in [6.07, 6.45) is 2.76. The van der Waals surface area contributed by atoms with Gasteiger partial charge in [0.2, 0.25) is 11.8 Å². The third kappa shape index (κ3) is 5.06. The number of benzene rings is 2. The molecule has 0 saturated carbocycles. The van der Waals surface area contributed by atoms with Crippen LogP contribution in [0.5, 0.6) is 0 Å². The molecule has 2 atom stereocenters. The summed E-state index contributed by atoms with van der Waals surface area (Å²) >= 11 is 0. The van der Waals surface area contributed by atoms with Gasteiger partial charge in [-0.05, 0) is 42.8 Å². The Morgan fingerprint density at radius 1 is 1.10 bits per heavy atom. The van der Waals surface area contributed by atoms with Gasteiger partial charge in [-0.25, -0.2) is 9.18 Å². The first-order valence-electron chi connectivity index (χ1n) is 13.5. The molecule has 0 radical (unpaired) electrons. The number of carbonyl (C=O) groups is 4. The van der Waals surface area contributed by atoms with Crippen molar-refractivity contribution < 1.29 is 28.3 Å². The fourth-order valence-corrected chi connectivity index (χ4v) is 5.54. The summed E-state index contributed by atoms with van der Waals surface area (Å²) in [6, 6.07) is 13.1. The third-order valence-corrected chi connectivity index (χ3v) is 7.57. The number of hydrogen-bond donors (Lipinski definition) is 1. The molecular formula is C30H27FN6O5. The number of fused-ring (bicyclic) bond motifs is 1. The van der Waals surface area contributed by atoms with Crippen molar-refractivity contribution in [2.75, 3.05) is 29.9 Å². The van der Waals surface area contributed by atoms with Crippen LogP contribution in [0, 0.1) is 0 Å². The number of nitrogens with zero attached hydrogens (tertiary/aromatic N) is 5. The first-order valence-corrected chi connectivity index (χ1v) is 13.5. The van der Waals surface area contributed by atoms with Crippen LogP contribution in [0.1, 0.15) is 23.7 Å². The minimum atomic E-state index is -1.38. The van der Waals surface area contributed by atoms with E-state index >= 15 is 0 Å². The van der Waals surface area contributed by atoms with Crippen LogP contribution in [0.25, 0.3) is 22.0 Å². The van der Waals surface area contributed by atoms with Crippen LogP contribution < -0.4 is 10.2 Å². The molecule has 1 N–H and O–H groups in total. The van der Waals surface area contributed by atoms with Crippen molar-refractivity contribution in [2.24, 2.45) is 0 Å². The molecule has 0 bridgehead atoms. The lowest BCUT2D eigenvalue weighted by Crippen LogP contribution is -2.44. The second-order valence-corrected chi connectivity index (χ2v) is 10.3. The summed E-state index contributed by atoms with van der Waals surface area (Å²) in [6.45, 7) is 1.61. The quantitative estimate of drug-likeness (QED) is 0.335. The molecule has 1 unspecified atom stereocenters. The fourth-order valence-electron chi connectivity index (χ4n) is 5.54. The average Bonchev–Trinajstić information content (AvgIpc) is 3.70. The Balaban J connectivity index is 1.24. The Bertz CT molecular complexity index is 1710. The van der Waals surface area contributed by atoms with Crippen LogP contribution in [0.3, 0.4) is 0 Å². The summed E-state index contributed by atoms with van der Waals surface area (Å²) in [7, 11) is 0. The summed E-state index contributed by atoms with van der Waals surface area (Å²) < 4.78 is 21.3. The molecular weight excluding hydrogens is 543 g/mol. The van der Waals surface area contributed by atoms with E-state index in [-0.39, 0.29) is 31.9 Å². The van der Waals surface area contributed by atoms with Crippen LogP contribution in [-0.4, -0.2) is 75.3 Å². The number of ketones is 1. The molecule has 6 rings (SSSR count). The molecule has 2 fully saturated rings. The number of halogens is 1. The van der Waals surface area contributed by atoms with Crippen LogP contribution >= 0.6 is 0 Å². The maximum Gasteiger partial charge on any atom is 0.414 e. The lowest BCUT2D eigenvalue weighted by molar-refractivity contribution is -0.137. The highest BCUT2D eigenvalue weighted by molar-refractivity contribution is 6.08. The summed E-state index contributed by atoms with van der Waals surface area (Å²) in [5, 5.41) is 11.2. The van der Waals surface area contributed by atoms with Gasteiger partial charge in [-0.3, -0.25) is 19.3 Å². The minimum Gasteiger partial charge on any atom is -0.447 e. The highest BCUT2D eigenvalue weighted by atomic mass is 19.1. The lowest BCUT2D eigenvalue weighted by Gasteiger charge is -2.25. The molecule has 11 nitrogen and oxygen atoms in total. The third-order valence-electron chi connectivity index (χ3n) is 7.57. The van der Waals surface area contributed by atoms with E-state index in [9.17, 15) is 23.6 Å². The molecule has 0 aliphatic carbocycles. The van der Waals surface area contributed by atoms with Gasteiger partial charge in [0, 0.05) is 34.6 Å². The number of hydrogen-bond acceptors (Lipinski definition) is 7. The van der Waals surface area contributed by atoms with Crippen LogP contribution in [-0.2, 0) is 20.9 Å². The van der Waals surface area contributed by atoms with Crippen LogP contribution in [0.15, 0.2) is 67.1 Å². The smallest absolute Gasteiger partial charge is 0.414 e. The number of aromatic nitrogens is 3. The standard InChI is InChI=1S/C30H27FN6O5/c1-18(38)23-16-35(25-7-6-19(12-22(23)25)20-8-9-32-33-14-20)17-28(39)37-15-21(31)13-27(37)29(40)34-24-4-2-3-5-26(24)36-10-11-42-30(36)41/h2-9,12,14,16,21,27H,10-11,13,15,17H2,1H3,(H,34,40)/t21-,27?/m1/s1. The molecule has 0 spiro atoms. The first-order chi connectivity index (χ1) is 20.3. The van der Waals surface area contributed by atoms with Gasteiger partial charge in [-0.2, -0.15) is 10.2 Å². The number of anilines is 2. The van der Waals surface area contributed by atoms with Crippen molar-refractivity contribution in [1.29, 1.82) is 0 Å². The Hall–Kier alpha value is -5.13. The van der Waals surface area contributed by atoms with Crippen molar-refractivity contribution in [2.45, 2.75) is 32.1 Å². The lowest BCUT2D eigenvalue weighted by atomic mass is 10.0. The van der Waals surface area contributed by atoms with E-state index < -0.39 is 30.1 Å². The van der Waals surface area contributed by atoms with Crippen molar-refractivity contribution in [3.05, 3.63) is 72.7 Å². The maximum absolute atomic E-state index is 14.7. The molecule has 4 aromatic rings. The largest absolute Gasteiger partial charge is 0.447 e. The van der Waals surface area contributed by atoms with Gasteiger partial charge in [-0.1, -0.05) is 18.2 Å². The predicted molar refractivity (Wildman–Crippen MR) is 152 cm³/mol. The number of likely N-dealkylation sites (tertiary alicyclic amines) is 1. The normalized spacial score (nSPS) is 18.4. The molecule has 2 aliphatic rings. The van der Waals surface area contributed by atoms with E-state index in [4.69, 9.17) is 4.74 Å². The number of para-hydroxylation sites is 2. The van der Waals surface area contributed by atoms with E-state index in [2.05, 4.69) is 15.5 Å². The van der Waals surface area contributed by atoms with Gasteiger partial charge in [0.05, 0.1) is 36.9 Å². The Kier molecular flexibility index (Phi) is 7.11. The van der Waals surface area contributed by atoms with E-state index in [1.165, 1.54) is 16.7 Å². The maximum atomic E-state index is 14.7. The number of carbonyl (C=O) groups excluding carboxylic acids is 4. The number of cyclic esters (lactones) is 1. The van der Waals surface area contributed by atoms with Gasteiger partial charge in [0.1, 0.15) is 25.4 Å². The summed E-state index contributed by atoms with van der Waals surface area (Å²) in [5.41, 5.74) is 3.58. The Morgan fingerprint density at radius 2 is 1.93 bits per heavy atom. The molecule has 2 aliphatic heterocycles. The number of Topliss-reactive ketones (excluding diaryl/α,β-unsaturated/α-hetero) is 1. The minimum absolute atomic E-state index is 0.153. The number of amides is 3. The zero-order valence-corrected chi connectivity index (χ0v) is 22.7. The Morgan fingerprint density at radius 3 is 2.67 bits per heavy atom. The van der Waals surface area contributed by atoms with E-state index in [0.717, 1.165) is 11.1 Å². The van der Waals surface area contributed by atoms with E-state index in [1.54, 1.807) is 47.4 Å². The fraction of sp³-hybridized carbons (Fsp3) is 0.267. The predicted octanol–water partition coefficient (Wildman–Crippen LogP) is 3.84. The van der Waals surface area contributed by atoms with Gasteiger partial charge in [0.25, 0.3) is 0 Å². The zero-order valence-electron chi connectivity index (χ0n) is 22.7. The Labute approximate surface area is 239 Å². The average molecular weight is 571 g/mol. The number of alkyl halides is 1. The molecule has 214 valence electrons. The van der Waals surface area contributed by atoms with Crippen LogP contribution in [0.2, 0.25) is 0 Å². The first kappa shape index (κ1) is 27.1. The highest BCUT2D eigenvalue weighted by Crippen LogP contribution is 2.31. The number of rotatable bonds is 7. The van der Waals surface area contributed by atoms with Gasteiger partial charge < -0.3 is 19.5 Å². The molecule has 2 aromatic heterocycles. The van der Waals surface area contributed by atoms with Crippen molar-refractivity contribution >= 4 is 46.0 Å². The molecule has 2 aromatic carbocycles. The van der Waals surface area contributed by atoms with E-state index in [0.29, 0.717) is 34.4 Å². The topological polar surface area (TPSA) is 127 Å². The molecule has 12 heteroatoms. The van der Waals surface area contributed by atoms with Gasteiger partial charge >= 0.3 is 6.09 Å². The number of ether oxygens (including phenoxy) is 1. The van der Waals surface area contributed by atoms with Gasteiger partial charge in [-0.15, -0.1) is 0 Å². The molecule has 4 heterocycles. The van der Waals surface area contributed by atoms with Crippen molar-refractivity contribution in [1.82, 2.24) is 19.7 Å². The van der Waals surface area contributed by atoms with Crippen LogP contribution in [0.4, 0.5) is 20.6 Å². The highest BCUT2D eigenvalue weighted by Gasteiger charge is 2.40.